The number of carbonyl (C=O) groups is 1. The summed E-state index contributed by atoms with van der Waals surface area (Å²) in [6.07, 6.45) is 1.92. The van der Waals surface area contributed by atoms with Crippen molar-refractivity contribution in [2.24, 2.45) is 5.73 Å². The van der Waals surface area contributed by atoms with Crippen LogP contribution in [-0.4, -0.2) is 43.2 Å². The first-order chi connectivity index (χ1) is 8.65. The molecule has 4 nitrogen and oxygen atoms in total. The molecule has 1 fully saturated rings. The number of amides is 1. The lowest BCUT2D eigenvalue weighted by Crippen LogP contribution is -2.51. The fraction of sp³-hybridized carbons (Fsp3) is 0.583. The Morgan fingerprint density at radius 2 is 2.50 bits per heavy atom. The summed E-state index contributed by atoms with van der Waals surface area (Å²) in [5.41, 5.74) is 6.51. The molecule has 1 aromatic heterocycles. The Bertz CT molecular complexity index is 424. The Morgan fingerprint density at radius 3 is 3.06 bits per heavy atom. The Hall–Kier alpha value is -0.430. The van der Waals surface area contributed by atoms with Crippen LogP contribution < -0.4 is 5.73 Å². The number of likely N-dealkylation sites (tertiary alicyclic amines) is 1. The summed E-state index contributed by atoms with van der Waals surface area (Å²) in [6, 6.07) is 1.94. The molecule has 0 bridgehead atoms. The van der Waals surface area contributed by atoms with Crippen LogP contribution in [0.25, 0.3) is 0 Å². The molecular formula is C12H17BrN2O2S. The molecular weight excluding hydrogens is 316 g/mol. The average molecular weight is 333 g/mol. The largest absolute Gasteiger partial charge is 0.381 e. The van der Waals surface area contributed by atoms with Gasteiger partial charge in [-0.2, -0.15) is 0 Å². The van der Waals surface area contributed by atoms with E-state index in [2.05, 4.69) is 15.9 Å². The second-order valence-electron chi connectivity index (χ2n) is 4.41. The van der Waals surface area contributed by atoms with Gasteiger partial charge in [0.15, 0.2) is 0 Å². The van der Waals surface area contributed by atoms with Crippen molar-refractivity contribution < 1.29 is 9.53 Å². The van der Waals surface area contributed by atoms with Crippen LogP contribution in [0.4, 0.5) is 0 Å². The Morgan fingerprint density at radius 1 is 1.72 bits per heavy atom. The molecule has 1 saturated heterocycles. The summed E-state index contributed by atoms with van der Waals surface area (Å²) in [5.74, 6) is 0.0713. The van der Waals surface area contributed by atoms with Gasteiger partial charge in [-0.05, 0) is 34.8 Å². The van der Waals surface area contributed by atoms with E-state index in [0.29, 0.717) is 13.1 Å². The average Bonchev–Trinajstić information content (AvgIpc) is 2.83. The second kappa shape index (κ2) is 6.14. The predicted molar refractivity (Wildman–Crippen MR) is 75.9 cm³/mol. The smallest absolute Gasteiger partial charge is 0.255 e. The van der Waals surface area contributed by atoms with Gasteiger partial charge in [0.1, 0.15) is 0 Å². The van der Waals surface area contributed by atoms with Gasteiger partial charge in [0.05, 0.1) is 15.5 Å². The van der Waals surface area contributed by atoms with E-state index in [9.17, 15) is 4.79 Å². The van der Waals surface area contributed by atoms with Crippen molar-refractivity contribution in [2.45, 2.75) is 25.0 Å². The summed E-state index contributed by atoms with van der Waals surface area (Å²) in [5, 5.41) is 1.88. The first-order valence-electron chi connectivity index (χ1n) is 5.93. The highest BCUT2D eigenvalue weighted by Crippen LogP contribution is 2.25. The topological polar surface area (TPSA) is 55.6 Å². The van der Waals surface area contributed by atoms with Crippen molar-refractivity contribution in [1.29, 1.82) is 0 Å². The lowest BCUT2D eigenvalue weighted by atomic mass is 9.98. The fourth-order valence-corrected chi connectivity index (χ4v) is 3.44. The molecule has 18 heavy (non-hydrogen) atoms. The minimum absolute atomic E-state index is 0.0713. The highest BCUT2D eigenvalue weighted by Gasteiger charge is 2.31. The van der Waals surface area contributed by atoms with Crippen LogP contribution in [0.1, 0.15) is 23.2 Å². The third kappa shape index (κ3) is 2.93. The van der Waals surface area contributed by atoms with Gasteiger partial charge in [0.25, 0.3) is 5.91 Å². The zero-order valence-electron chi connectivity index (χ0n) is 10.3. The zero-order chi connectivity index (χ0) is 13.1. The summed E-state index contributed by atoms with van der Waals surface area (Å²) >= 11 is 4.90. The third-order valence-corrected chi connectivity index (χ3v) is 4.85. The summed E-state index contributed by atoms with van der Waals surface area (Å²) in [7, 11) is 1.71. The number of hydrogen-bond donors (Lipinski definition) is 1. The van der Waals surface area contributed by atoms with Crippen LogP contribution in [0.15, 0.2) is 15.2 Å². The van der Waals surface area contributed by atoms with Crippen molar-refractivity contribution >= 4 is 33.2 Å². The molecule has 1 aliphatic heterocycles. The molecule has 2 N–H and O–H groups in total. The maximum atomic E-state index is 12.4. The first-order valence-corrected chi connectivity index (χ1v) is 7.60. The molecule has 0 aliphatic carbocycles. The Kier molecular flexibility index (Phi) is 4.77. The number of ether oxygens (including phenoxy) is 1. The number of methoxy groups -OCH3 is 1. The van der Waals surface area contributed by atoms with Gasteiger partial charge in [-0.3, -0.25) is 4.79 Å². The molecule has 2 rings (SSSR count). The van der Waals surface area contributed by atoms with Gasteiger partial charge in [0.2, 0.25) is 0 Å². The highest BCUT2D eigenvalue weighted by atomic mass is 79.9. The lowest BCUT2D eigenvalue weighted by molar-refractivity contribution is 0.0139. The van der Waals surface area contributed by atoms with Crippen LogP contribution in [0.2, 0.25) is 0 Å². The standard InChI is InChI=1S/C12H17BrN2O2S/c1-17-10-2-3-15(9(5-10)6-14)12(16)8-4-11(13)18-7-8/h4,7,9-10H,2-3,5-6,14H2,1H3. The quantitative estimate of drug-likeness (QED) is 0.922. The molecule has 1 aliphatic rings. The SMILES string of the molecule is COC1CCN(C(=O)c2csc(Br)c2)C(CN)C1. The molecule has 1 amide bonds. The van der Waals surface area contributed by atoms with E-state index in [0.717, 1.165) is 22.2 Å². The monoisotopic (exact) mass is 332 g/mol. The van der Waals surface area contributed by atoms with Crippen LogP contribution in [0.5, 0.6) is 0 Å². The van der Waals surface area contributed by atoms with E-state index in [1.54, 1.807) is 7.11 Å². The van der Waals surface area contributed by atoms with E-state index in [4.69, 9.17) is 10.5 Å². The maximum Gasteiger partial charge on any atom is 0.255 e. The molecule has 6 heteroatoms. The van der Waals surface area contributed by atoms with E-state index in [1.165, 1.54) is 11.3 Å². The van der Waals surface area contributed by atoms with Crippen molar-refractivity contribution in [2.75, 3.05) is 20.2 Å². The second-order valence-corrected chi connectivity index (χ2v) is 6.70. The van der Waals surface area contributed by atoms with Crippen LogP contribution in [0, 0.1) is 0 Å². The molecule has 2 heterocycles. The molecule has 2 atom stereocenters. The normalized spacial score (nSPS) is 24.3. The number of carbonyl (C=O) groups excluding carboxylic acids is 1. The third-order valence-electron chi connectivity index (χ3n) is 3.35. The molecule has 0 saturated carbocycles. The van der Waals surface area contributed by atoms with Crippen molar-refractivity contribution in [3.05, 3.63) is 20.8 Å². The molecule has 2 unspecified atom stereocenters. The number of thiophene rings is 1. The Balaban J connectivity index is 2.10. The lowest BCUT2D eigenvalue weighted by Gasteiger charge is -2.38. The fourth-order valence-electron chi connectivity index (χ4n) is 2.31. The number of halogens is 1. The molecule has 0 spiro atoms. The van der Waals surface area contributed by atoms with Crippen LogP contribution in [0.3, 0.4) is 0 Å². The maximum absolute atomic E-state index is 12.4. The van der Waals surface area contributed by atoms with Gasteiger partial charge >= 0.3 is 0 Å². The summed E-state index contributed by atoms with van der Waals surface area (Å²) in [6.45, 7) is 1.20. The molecule has 0 aromatic carbocycles. The highest BCUT2D eigenvalue weighted by molar-refractivity contribution is 9.11. The number of nitrogens with zero attached hydrogens (tertiary/aromatic N) is 1. The minimum Gasteiger partial charge on any atom is -0.381 e. The molecule has 0 radical (unpaired) electrons. The van der Waals surface area contributed by atoms with Gasteiger partial charge in [-0.1, -0.05) is 0 Å². The van der Waals surface area contributed by atoms with E-state index in [-0.39, 0.29) is 18.1 Å². The number of hydrogen-bond acceptors (Lipinski definition) is 4. The number of piperidine rings is 1. The van der Waals surface area contributed by atoms with Crippen molar-refractivity contribution in [3.63, 3.8) is 0 Å². The summed E-state index contributed by atoms with van der Waals surface area (Å²) < 4.78 is 6.34. The van der Waals surface area contributed by atoms with Gasteiger partial charge in [-0.25, -0.2) is 0 Å². The predicted octanol–water partition coefficient (Wildman–Crippen LogP) is 2.09. The van der Waals surface area contributed by atoms with E-state index >= 15 is 0 Å². The summed E-state index contributed by atoms with van der Waals surface area (Å²) in [4.78, 5) is 14.3. The first kappa shape index (κ1) is 14.0. The van der Waals surface area contributed by atoms with Crippen LogP contribution >= 0.6 is 27.3 Å². The number of nitrogens with two attached hydrogens (primary N) is 1. The number of rotatable bonds is 3. The van der Waals surface area contributed by atoms with Gasteiger partial charge in [0, 0.05) is 31.6 Å². The Labute approximate surface area is 119 Å². The van der Waals surface area contributed by atoms with Crippen LogP contribution in [-0.2, 0) is 4.74 Å². The van der Waals surface area contributed by atoms with Crippen molar-refractivity contribution in [1.82, 2.24) is 4.90 Å². The van der Waals surface area contributed by atoms with E-state index < -0.39 is 0 Å². The van der Waals surface area contributed by atoms with Gasteiger partial charge < -0.3 is 15.4 Å². The van der Waals surface area contributed by atoms with Crippen molar-refractivity contribution in [3.8, 4) is 0 Å². The van der Waals surface area contributed by atoms with Gasteiger partial charge in [-0.15, -0.1) is 11.3 Å². The van der Waals surface area contributed by atoms with E-state index in [1.807, 2.05) is 16.3 Å². The minimum atomic E-state index is 0.0713. The molecule has 100 valence electrons. The molecule has 1 aromatic rings. The zero-order valence-corrected chi connectivity index (χ0v) is 12.7.